The van der Waals surface area contributed by atoms with E-state index in [-0.39, 0.29) is 18.4 Å². The number of rotatable bonds is 4. The first-order chi connectivity index (χ1) is 9.49. The molecular formula is C13H15ClN2O4. The standard InChI is InChI=1S/C13H15ClN2O4/c1-20-11-3-2-9(14)5-10(11)15-13(19)16-6-8(7-16)4-12(17)18/h2-3,5,8H,4,6-7H2,1H3,(H,15,19)(H,17,18). The average Bonchev–Trinajstić information content (AvgIpc) is 2.33. The molecule has 7 heteroatoms. The fourth-order valence-corrected chi connectivity index (χ4v) is 2.26. The van der Waals surface area contributed by atoms with Gasteiger partial charge < -0.3 is 20.1 Å². The molecule has 20 heavy (non-hydrogen) atoms. The molecule has 2 rings (SSSR count). The maximum Gasteiger partial charge on any atom is 0.321 e. The van der Waals surface area contributed by atoms with Gasteiger partial charge in [0.05, 0.1) is 19.2 Å². The third-order valence-corrected chi connectivity index (χ3v) is 3.35. The van der Waals surface area contributed by atoms with Crippen LogP contribution in [0.15, 0.2) is 18.2 Å². The number of nitrogens with one attached hydrogen (secondary N) is 1. The number of likely N-dealkylation sites (tertiary alicyclic amines) is 1. The van der Waals surface area contributed by atoms with E-state index in [0.717, 1.165) is 0 Å². The molecule has 108 valence electrons. The van der Waals surface area contributed by atoms with Crippen LogP contribution in [0.5, 0.6) is 5.75 Å². The Hall–Kier alpha value is -1.95. The number of carbonyl (C=O) groups is 2. The Morgan fingerprint density at radius 3 is 2.80 bits per heavy atom. The molecule has 0 spiro atoms. The summed E-state index contributed by atoms with van der Waals surface area (Å²) in [4.78, 5) is 24.1. The highest BCUT2D eigenvalue weighted by Gasteiger charge is 2.32. The molecule has 0 radical (unpaired) electrons. The van der Waals surface area contributed by atoms with E-state index in [1.54, 1.807) is 23.1 Å². The van der Waals surface area contributed by atoms with Crippen molar-refractivity contribution >= 4 is 29.3 Å². The normalized spacial score (nSPS) is 14.6. The fourth-order valence-electron chi connectivity index (χ4n) is 2.08. The lowest BCUT2D eigenvalue weighted by molar-refractivity contribution is -0.139. The maximum atomic E-state index is 12.0. The van der Waals surface area contributed by atoms with Gasteiger partial charge >= 0.3 is 12.0 Å². The van der Waals surface area contributed by atoms with E-state index in [9.17, 15) is 9.59 Å². The minimum absolute atomic E-state index is 0.0273. The van der Waals surface area contributed by atoms with Crippen molar-refractivity contribution in [1.82, 2.24) is 4.90 Å². The Morgan fingerprint density at radius 2 is 2.20 bits per heavy atom. The Labute approximate surface area is 121 Å². The van der Waals surface area contributed by atoms with Gasteiger partial charge in [-0.25, -0.2) is 4.79 Å². The number of methoxy groups -OCH3 is 1. The second-order valence-electron chi connectivity index (χ2n) is 4.64. The van der Waals surface area contributed by atoms with Crippen LogP contribution in [-0.4, -0.2) is 42.2 Å². The second-order valence-corrected chi connectivity index (χ2v) is 5.08. The van der Waals surface area contributed by atoms with E-state index >= 15 is 0 Å². The third kappa shape index (κ3) is 3.33. The van der Waals surface area contributed by atoms with Gasteiger partial charge in [-0.1, -0.05) is 11.6 Å². The molecule has 0 aliphatic carbocycles. The summed E-state index contributed by atoms with van der Waals surface area (Å²) in [5.74, 6) is -0.295. The van der Waals surface area contributed by atoms with E-state index < -0.39 is 5.97 Å². The van der Waals surface area contributed by atoms with E-state index in [4.69, 9.17) is 21.4 Å². The van der Waals surface area contributed by atoms with Crippen LogP contribution in [0.3, 0.4) is 0 Å². The summed E-state index contributed by atoms with van der Waals surface area (Å²) in [6.45, 7) is 0.891. The van der Waals surface area contributed by atoms with Gasteiger partial charge in [0, 0.05) is 24.0 Å². The van der Waals surface area contributed by atoms with Gasteiger partial charge in [-0.3, -0.25) is 4.79 Å². The number of carboxylic acids is 1. The van der Waals surface area contributed by atoms with Crippen LogP contribution in [0, 0.1) is 5.92 Å². The number of anilines is 1. The first-order valence-electron chi connectivity index (χ1n) is 6.11. The average molecular weight is 299 g/mol. The minimum Gasteiger partial charge on any atom is -0.495 e. The van der Waals surface area contributed by atoms with Crippen molar-refractivity contribution < 1.29 is 19.4 Å². The topological polar surface area (TPSA) is 78.9 Å². The first-order valence-corrected chi connectivity index (χ1v) is 6.48. The lowest BCUT2D eigenvalue weighted by Gasteiger charge is -2.38. The summed E-state index contributed by atoms with van der Waals surface area (Å²) in [7, 11) is 1.51. The van der Waals surface area contributed by atoms with Crippen molar-refractivity contribution in [1.29, 1.82) is 0 Å². The maximum absolute atomic E-state index is 12.0. The smallest absolute Gasteiger partial charge is 0.321 e. The number of halogens is 1. The zero-order chi connectivity index (χ0) is 14.7. The predicted octanol–water partition coefficient (Wildman–Crippen LogP) is 2.29. The third-order valence-electron chi connectivity index (χ3n) is 3.11. The molecule has 0 atom stereocenters. The van der Waals surface area contributed by atoms with E-state index in [0.29, 0.717) is 29.5 Å². The van der Waals surface area contributed by atoms with E-state index in [1.165, 1.54) is 7.11 Å². The Kier molecular flexibility index (Phi) is 4.34. The van der Waals surface area contributed by atoms with Crippen LogP contribution in [0.25, 0.3) is 0 Å². The lowest BCUT2D eigenvalue weighted by Crippen LogP contribution is -2.52. The van der Waals surface area contributed by atoms with Crippen LogP contribution in [0.1, 0.15) is 6.42 Å². The molecule has 1 aliphatic heterocycles. The lowest BCUT2D eigenvalue weighted by atomic mass is 9.97. The van der Waals surface area contributed by atoms with Crippen molar-refractivity contribution in [2.24, 2.45) is 5.92 Å². The Morgan fingerprint density at radius 1 is 1.50 bits per heavy atom. The van der Waals surface area contributed by atoms with Crippen molar-refractivity contribution in [2.75, 3.05) is 25.5 Å². The molecule has 1 saturated heterocycles. The van der Waals surface area contributed by atoms with Gasteiger partial charge in [0.15, 0.2) is 0 Å². The molecule has 2 amide bonds. The number of hydrogen-bond acceptors (Lipinski definition) is 3. The summed E-state index contributed by atoms with van der Waals surface area (Å²) >= 11 is 5.88. The summed E-state index contributed by atoms with van der Waals surface area (Å²) in [5.41, 5.74) is 0.492. The largest absolute Gasteiger partial charge is 0.495 e. The summed E-state index contributed by atoms with van der Waals surface area (Å²) in [6.07, 6.45) is 0.0876. The molecule has 1 heterocycles. The Balaban J connectivity index is 1.93. The second kappa shape index (κ2) is 6.00. The number of carboxylic acid groups (broad SMARTS) is 1. The van der Waals surface area contributed by atoms with E-state index in [2.05, 4.69) is 5.32 Å². The number of ether oxygens (including phenoxy) is 1. The zero-order valence-electron chi connectivity index (χ0n) is 10.9. The summed E-state index contributed by atoms with van der Waals surface area (Å²) < 4.78 is 5.14. The number of amides is 2. The van der Waals surface area contributed by atoms with Gasteiger partial charge in [-0.15, -0.1) is 0 Å². The van der Waals surface area contributed by atoms with Crippen molar-refractivity contribution in [2.45, 2.75) is 6.42 Å². The Bertz CT molecular complexity index is 529. The fraction of sp³-hybridized carbons (Fsp3) is 0.385. The first kappa shape index (κ1) is 14.5. The molecule has 1 aromatic rings. The highest BCUT2D eigenvalue weighted by atomic mass is 35.5. The van der Waals surface area contributed by atoms with Crippen molar-refractivity contribution in [3.05, 3.63) is 23.2 Å². The van der Waals surface area contributed by atoms with Gasteiger partial charge in [-0.2, -0.15) is 0 Å². The number of aliphatic carboxylic acids is 1. The predicted molar refractivity (Wildman–Crippen MR) is 74.3 cm³/mol. The highest BCUT2D eigenvalue weighted by Crippen LogP contribution is 2.29. The molecule has 6 nitrogen and oxygen atoms in total. The van der Waals surface area contributed by atoms with Crippen LogP contribution in [-0.2, 0) is 4.79 Å². The number of benzene rings is 1. The van der Waals surface area contributed by atoms with Gasteiger partial charge in [0.25, 0.3) is 0 Å². The summed E-state index contributed by atoms with van der Waals surface area (Å²) in [5, 5.41) is 11.9. The highest BCUT2D eigenvalue weighted by molar-refractivity contribution is 6.31. The number of hydrogen-bond donors (Lipinski definition) is 2. The molecule has 0 bridgehead atoms. The van der Waals surface area contributed by atoms with Crippen LogP contribution in [0.4, 0.5) is 10.5 Å². The molecule has 1 fully saturated rings. The number of urea groups is 1. The molecule has 1 aromatic carbocycles. The molecule has 2 N–H and O–H groups in total. The van der Waals surface area contributed by atoms with Crippen molar-refractivity contribution in [3.8, 4) is 5.75 Å². The SMILES string of the molecule is COc1ccc(Cl)cc1NC(=O)N1CC(CC(=O)O)C1. The monoisotopic (exact) mass is 298 g/mol. The summed E-state index contributed by atoms with van der Waals surface area (Å²) in [6, 6.07) is 4.66. The van der Waals surface area contributed by atoms with Gasteiger partial charge in [0.2, 0.25) is 0 Å². The van der Waals surface area contributed by atoms with Gasteiger partial charge in [-0.05, 0) is 18.2 Å². The van der Waals surface area contributed by atoms with Crippen molar-refractivity contribution in [3.63, 3.8) is 0 Å². The minimum atomic E-state index is -0.841. The molecular weight excluding hydrogens is 284 g/mol. The van der Waals surface area contributed by atoms with Crippen LogP contribution >= 0.6 is 11.6 Å². The quantitative estimate of drug-likeness (QED) is 0.894. The number of carbonyl (C=O) groups excluding carboxylic acids is 1. The van der Waals surface area contributed by atoms with Crippen LogP contribution in [0.2, 0.25) is 5.02 Å². The molecule has 0 saturated carbocycles. The molecule has 0 aromatic heterocycles. The van der Waals surface area contributed by atoms with Crippen LogP contribution < -0.4 is 10.1 Å². The molecule has 0 unspecified atom stereocenters. The van der Waals surface area contributed by atoms with Gasteiger partial charge in [0.1, 0.15) is 5.75 Å². The number of nitrogens with zero attached hydrogens (tertiary/aromatic N) is 1. The van der Waals surface area contributed by atoms with E-state index in [1.807, 2.05) is 0 Å². The zero-order valence-corrected chi connectivity index (χ0v) is 11.7. The molecule has 1 aliphatic rings.